The van der Waals surface area contributed by atoms with E-state index in [1.807, 2.05) is 30.3 Å². The number of benzene rings is 2. The van der Waals surface area contributed by atoms with Gasteiger partial charge < -0.3 is 15.2 Å². The summed E-state index contributed by atoms with van der Waals surface area (Å²) in [6.07, 6.45) is 1.27. The van der Waals surface area contributed by atoms with Gasteiger partial charge in [0.1, 0.15) is 5.56 Å². The molecule has 0 saturated carbocycles. The number of methoxy groups -OCH3 is 1. The van der Waals surface area contributed by atoms with Gasteiger partial charge in [-0.2, -0.15) is 0 Å². The maximum Gasteiger partial charge on any atom is 0.344 e. The van der Waals surface area contributed by atoms with Crippen LogP contribution in [0.3, 0.4) is 0 Å². The third-order valence-corrected chi connectivity index (χ3v) is 3.79. The summed E-state index contributed by atoms with van der Waals surface area (Å²) in [5.41, 5.74) is 1.18. The zero-order valence-electron chi connectivity index (χ0n) is 13.8. The van der Waals surface area contributed by atoms with E-state index in [1.165, 1.54) is 19.2 Å². The van der Waals surface area contributed by atoms with Crippen molar-refractivity contribution in [3.05, 3.63) is 69.8 Å². The van der Waals surface area contributed by atoms with Crippen molar-refractivity contribution >= 4 is 17.3 Å². The van der Waals surface area contributed by atoms with Crippen LogP contribution in [-0.2, 0) is 4.74 Å². The number of anilines is 1. The highest BCUT2D eigenvalue weighted by Gasteiger charge is 2.22. The fraction of sp³-hybridized carbons (Fsp3) is 0.278. The molecule has 0 fully saturated rings. The number of aliphatic hydroxyl groups is 1. The molecule has 0 heterocycles. The van der Waals surface area contributed by atoms with Crippen molar-refractivity contribution in [3.63, 3.8) is 0 Å². The Morgan fingerprint density at radius 2 is 2.00 bits per heavy atom. The third kappa shape index (κ3) is 4.77. The Balaban J connectivity index is 2.32. The van der Waals surface area contributed by atoms with Crippen molar-refractivity contribution in [1.82, 2.24) is 0 Å². The molecule has 0 unspecified atom stereocenters. The fourth-order valence-corrected chi connectivity index (χ4v) is 2.56. The molecule has 2 N–H and O–H groups in total. The van der Waals surface area contributed by atoms with Crippen molar-refractivity contribution in [2.75, 3.05) is 19.0 Å². The largest absolute Gasteiger partial charge is 0.465 e. The third-order valence-electron chi connectivity index (χ3n) is 3.79. The van der Waals surface area contributed by atoms with Gasteiger partial charge >= 0.3 is 5.97 Å². The smallest absolute Gasteiger partial charge is 0.344 e. The number of ether oxygens (including phenoxy) is 1. The lowest BCUT2D eigenvalue weighted by molar-refractivity contribution is -0.385. The molecule has 0 aliphatic rings. The van der Waals surface area contributed by atoms with Gasteiger partial charge in [0.15, 0.2) is 0 Å². The van der Waals surface area contributed by atoms with Gasteiger partial charge in [0.2, 0.25) is 0 Å². The number of rotatable bonds is 8. The van der Waals surface area contributed by atoms with Crippen LogP contribution in [-0.4, -0.2) is 29.7 Å². The van der Waals surface area contributed by atoms with Crippen molar-refractivity contribution < 1.29 is 19.6 Å². The van der Waals surface area contributed by atoms with Gasteiger partial charge in [-0.15, -0.1) is 0 Å². The Bertz CT molecular complexity index is 734. The quantitative estimate of drug-likeness (QED) is 0.433. The predicted molar refractivity (Wildman–Crippen MR) is 93.6 cm³/mol. The van der Waals surface area contributed by atoms with E-state index in [1.54, 1.807) is 6.07 Å². The first-order valence-electron chi connectivity index (χ1n) is 7.86. The SMILES string of the molecule is COC(=O)c1cc(N[C@@H](CCCO)c2ccccc2)ccc1[N+](=O)[O-]. The van der Waals surface area contributed by atoms with E-state index in [2.05, 4.69) is 10.1 Å². The van der Waals surface area contributed by atoms with Gasteiger partial charge in [-0.3, -0.25) is 10.1 Å². The van der Waals surface area contributed by atoms with Crippen LogP contribution >= 0.6 is 0 Å². The lowest BCUT2D eigenvalue weighted by Crippen LogP contribution is -2.13. The van der Waals surface area contributed by atoms with E-state index >= 15 is 0 Å². The van der Waals surface area contributed by atoms with Crippen LogP contribution in [0.1, 0.15) is 34.8 Å². The number of hydrogen-bond donors (Lipinski definition) is 2. The average Bonchev–Trinajstić information content (AvgIpc) is 2.64. The van der Waals surface area contributed by atoms with Crippen LogP contribution in [0, 0.1) is 10.1 Å². The second-order valence-electron chi connectivity index (χ2n) is 5.45. The number of carbonyl (C=O) groups is 1. The first-order valence-corrected chi connectivity index (χ1v) is 7.86. The minimum Gasteiger partial charge on any atom is -0.465 e. The van der Waals surface area contributed by atoms with Crippen LogP contribution in [0.4, 0.5) is 11.4 Å². The topological polar surface area (TPSA) is 102 Å². The first kappa shape index (κ1) is 18.4. The van der Waals surface area contributed by atoms with E-state index in [0.717, 1.165) is 5.56 Å². The summed E-state index contributed by atoms with van der Waals surface area (Å²) < 4.78 is 4.63. The summed E-state index contributed by atoms with van der Waals surface area (Å²) in [5, 5.41) is 23.5. The number of nitrogens with zero attached hydrogens (tertiary/aromatic N) is 1. The van der Waals surface area contributed by atoms with Gasteiger partial charge in [0.05, 0.1) is 18.1 Å². The second-order valence-corrected chi connectivity index (χ2v) is 5.45. The number of aliphatic hydroxyl groups excluding tert-OH is 1. The summed E-state index contributed by atoms with van der Waals surface area (Å²) in [6.45, 7) is 0.0681. The van der Waals surface area contributed by atoms with Gasteiger partial charge in [0.25, 0.3) is 5.69 Å². The molecule has 2 rings (SSSR count). The summed E-state index contributed by atoms with van der Waals surface area (Å²) >= 11 is 0. The summed E-state index contributed by atoms with van der Waals surface area (Å²) in [7, 11) is 1.18. The van der Waals surface area contributed by atoms with Gasteiger partial charge in [-0.05, 0) is 30.5 Å². The standard InChI is InChI=1S/C18H20N2O5/c1-25-18(22)15-12-14(9-10-17(15)20(23)24)19-16(8-5-11-21)13-6-3-2-4-7-13/h2-4,6-7,9-10,12,16,19,21H,5,8,11H2,1H3/t16-/m0/s1. The van der Waals surface area contributed by atoms with E-state index < -0.39 is 10.9 Å². The maximum absolute atomic E-state index is 11.8. The van der Waals surface area contributed by atoms with Crippen molar-refractivity contribution in [2.45, 2.75) is 18.9 Å². The van der Waals surface area contributed by atoms with Crippen LogP contribution in [0.25, 0.3) is 0 Å². The Morgan fingerprint density at radius 3 is 2.60 bits per heavy atom. The van der Waals surface area contributed by atoms with E-state index in [4.69, 9.17) is 5.11 Å². The monoisotopic (exact) mass is 344 g/mol. The summed E-state index contributed by atoms with van der Waals surface area (Å²) in [6, 6.07) is 13.8. The minimum atomic E-state index is -0.762. The van der Waals surface area contributed by atoms with Crippen molar-refractivity contribution in [2.24, 2.45) is 0 Å². The molecule has 0 aromatic heterocycles. The zero-order chi connectivity index (χ0) is 18.2. The molecule has 0 saturated heterocycles. The molecule has 7 heteroatoms. The molecule has 2 aromatic rings. The Labute approximate surface area is 145 Å². The van der Waals surface area contributed by atoms with Crippen LogP contribution in [0.2, 0.25) is 0 Å². The lowest BCUT2D eigenvalue weighted by Gasteiger charge is -2.20. The van der Waals surface area contributed by atoms with Crippen LogP contribution in [0.5, 0.6) is 0 Å². The highest BCUT2D eigenvalue weighted by Crippen LogP contribution is 2.28. The zero-order valence-corrected chi connectivity index (χ0v) is 13.8. The van der Waals surface area contributed by atoms with Crippen molar-refractivity contribution in [1.29, 1.82) is 0 Å². The predicted octanol–water partition coefficient (Wildman–Crippen LogP) is 3.31. The first-order chi connectivity index (χ1) is 12.1. The maximum atomic E-state index is 11.8. The van der Waals surface area contributed by atoms with Gasteiger partial charge in [0, 0.05) is 18.4 Å². The second kappa shape index (κ2) is 8.79. The number of hydrogen-bond acceptors (Lipinski definition) is 6. The van der Waals surface area contributed by atoms with E-state index in [0.29, 0.717) is 18.5 Å². The molecular formula is C18H20N2O5. The minimum absolute atomic E-state index is 0.0681. The van der Waals surface area contributed by atoms with E-state index in [-0.39, 0.29) is 23.9 Å². The van der Waals surface area contributed by atoms with Crippen LogP contribution < -0.4 is 5.32 Å². The normalized spacial score (nSPS) is 11.6. The Hall–Kier alpha value is -2.93. The van der Waals surface area contributed by atoms with Crippen LogP contribution in [0.15, 0.2) is 48.5 Å². The number of nitro benzene ring substituents is 1. The molecule has 0 aliphatic carbocycles. The molecule has 0 spiro atoms. The summed E-state index contributed by atoms with van der Waals surface area (Å²) in [5.74, 6) is -0.762. The lowest BCUT2D eigenvalue weighted by atomic mass is 10.0. The van der Waals surface area contributed by atoms with Crippen molar-refractivity contribution in [3.8, 4) is 0 Å². The number of nitrogens with one attached hydrogen (secondary N) is 1. The molecule has 0 bridgehead atoms. The molecule has 1 atom stereocenters. The molecule has 0 radical (unpaired) electrons. The van der Waals surface area contributed by atoms with Gasteiger partial charge in [-0.25, -0.2) is 4.79 Å². The molecule has 0 amide bonds. The fourth-order valence-electron chi connectivity index (χ4n) is 2.56. The highest BCUT2D eigenvalue weighted by molar-refractivity contribution is 5.95. The number of nitro groups is 1. The molecule has 7 nitrogen and oxygen atoms in total. The molecule has 132 valence electrons. The summed E-state index contributed by atoms with van der Waals surface area (Å²) in [4.78, 5) is 22.3. The number of carbonyl (C=O) groups excluding carboxylic acids is 1. The van der Waals surface area contributed by atoms with Gasteiger partial charge in [-0.1, -0.05) is 30.3 Å². The number of esters is 1. The Morgan fingerprint density at radius 1 is 1.28 bits per heavy atom. The highest BCUT2D eigenvalue weighted by atomic mass is 16.6. The molecule has 0 aliphatic heterocycles. The molecule has 25 heavy (non-hydrogen) atoms. The average molecular weight is 344 g/mol. The Kier molecular flexibility index (Phi) is 6.47. The van der Waals surface area contributed by atoms with E-state index in [9.17, 15) is 14.9 Å². The molecular weight excluding hydrogens is 324 g/mol. The molecule has 2 aromatic carbocycles.